The van der Waals surface area contributed by atoms with Gasteiger partial charge in [0, 0.05) is 16.5 Å². The lowest BCUT2D eigenvalue weighted by atomic mass is 9.48. The molecule has 5 heteroatoms. The van der Waals surface area contributed by atoms with Crippen LogP contribution in [0.5, 0.6) is 0 Å². The molecule has 4 saturated carbocycles. The lowest BCUT2D eigenvalue weighted by Gasteiger charge is -2.56. The third kappa shape index (κ3) is 4.19. The van der Waals surface area contributed by atoms with Gasteiger partial charge in [-0.2, -0.15) is 5.26 Å². The fourth-order valence-corrected chi connectivity index (χ4v) is 8.12. The summed E-state index contributed by atoms with van der Waals surface area (Å²) in [5.41, 5.74) is 3.49. The number of pyridine rings is 1. The predicted octanol–water partition coefficient (Wildman–Crippen LogP) is 7.30. The highest BCUT2D eigenvalue weighted by Crippen LogP contribution is 2.60. The topological polar surface area (TPSA) is 53.8 Å². The number of thioether (sulfide) groups is 1. The van der Waals surface area contributed by atoms with Crippen molar-refractivity contribution in [2.75, 3.05) is 5.75 Å². The Balaban J connectivity index is 1.34. The molecule has 4 aliphatic carbocycles. The molecule has 35 heavy (non-hydrogen) atoms. The first-order chi connectivity index (χ1) is 17.0. The van der Waals surface area contributed by atoms with Crippen LogP contribution in [0.25, 0.3) is 22.4 Å². The van der Waals surface area contributed by atoms with Crippen molar-refractivity contribution in [2.45, 2.75) is 43.6 Å². The van der Waals surface area contributed by atoms with E-state index >= 15 is 0 Å². The number of rotatable bonds is 6. The SMILES string of the molecule is N#Cc1c(-c2ccccc2)cc(-c2ccc(F)cc2)nc1SCC(=O)C12CC3CC(CC(C3)C1)C2. The fraction of sp³-hybridized carbons (Fsp3) is 0.367. The smallest absolute Gasteiger partial charge is 0.149 e. The molecule has 4 aliphatic rings. The summed E-state index contributed by atoms with van der Waals surface area (Å²) in [7, 11) is 0. The van der Waals surface area contributed by atoms with Crippen LogP contribution < -0.4 is 0 Å². The number of aromatic nitrogens is 1. The highest BCUT2D eigenvalue weighted by molar-refractivity contribution is 8.00. The zero-order valence-corrected chi connectivity index (χ0v) is 20.4. The van der Waals surface area contributed by atoms with Gasteiger partial charge in [0.15, 0.2) is 0 Å². The number of Topliss-reactive ketones (excluding diaryl/α,β-unsaturated/α-hetero) is 1. The van der Waals surface area contributed by atoms with E-state index < -0.39 is 0 Å². The lowest BCUT2D eigenvalue weighted by Crippen LogP contribution is -2.50. The molecule has 3 aromatic rings. The van der Waals surface area contributed by atoms with Gasteiger partial charge in [0.05, 0.1) is 17.0 Å². The maximum atomic E-state index is 13.6. The number of benzene rings is 2. The first kappa shape index (κ1) is 22.5. The van der Waals surface area contributed by atoms with Crippen molar-refractivity contribution in [1.82, 2.24) is 4.98 Å². The molecule has 176 valence electrons. The minimum absolute atomic E-state index is 0.161. The van der Waals surface area contributed by atoms with Crippen LogP contribution in [0.4, 0.5) is 4.39 Å². The number of halogens is 1. The highest BCUT2D eigenvalue weighted by Gasteiger charge is 2.54. The van der Waals surface area contributed by atoms with Crippen LogP contribution in [0.2, 0.25) is 0 Å². The van der Waals surface area contributed by atoms with Gasteiger partial charge in [0.1, 0.15) is 22.7 Å². The normalized spacial score (nSPS) is 26.5. The largest absolute Gasteiger partial charge is 0.298 e. The van der Waals surface area contributed by atoms with Gasteiger partial charge in [0.2, 0.25) is 0 Å². The summed E-state index contributed by atoms with van der Waals surface area (Å²) in [6.07, 6.45) is 7.05. The van der Waals surface area contributed by atoms with Gasteiger partial charge in [-0.25, -0.2) is 9.37 Å². The third-order valence-corrected chi connectivity index (χ3v) is 9.27. The van der Waals surface area contributed by atoms with Crippen LogP contribution in [0.1, 0.15) is 44.1 Å². The Labute approximate surface area is 209 Å². The van der Waals surface area contributed by atoms with E-state index in [1.165, 1.54) is 43.2 Å². The van der Waals surface area contributed by atoms with E-state index in [4.69, 9.17) is 4.98 Å². The number of carbonyl (C=O) groups excluding carboxylic acids is 1. The molecule has 1 aromatic heterocycles. The van der Waals surface area contributed by atoms with E-state index in [1.807, 2.05) is 36.4 Å². The van der Waals surface area contributed by atoms with Gasteiger partial charge in [-0.1, -0.05) is 42.1 Å². The quantitative estimate of drug-likeness (QED) is 0.346. The molecule has 0 atom stereocenters. The summed E-state index contributed by atoms with van der Waals surface area (Å²) >= 11 is 1.39. The molecule has 0 amide bonds. The van der Waals surface area contributed by atoms with Gasteiger partial charge < -0.3 is 0 Å². The molecule has 2 aromatic carbocycles. The van der Waals surface area contributed by atoms with Crippen LogP contribution in [-0.2, 0) is 4.79 Å². The molecule has 0 spiro atoms. The van der Waals surface area contributed by atoms with E-state index in [1.54, 1.807) is 12.1 Å². The minimum atomic E-state index is -0.304. The van der Waals surface area contributed by atoms with Gasteiger partial charge >= 0.3 is 0 Å². The van der Waals surface area contributed by atoms with Gasteiger partial charge in [-0.3, -0.25) is 4.79 Å². The molecule has 0 aliphatic heterocycles. The average Bonchev–Trinajstić information content (AvgIpc) is 2.87. The summed E-state index contributed by atoms with van der Waals surface area (Å²) in [6, 6.07) is 20.3. The van der Waals surface area contributed by atoms with E-state index in [0.29, 0.717) is 27.8 Å². The second-order valence-corrected chi connectivity index (χ2v) is 11.6. The van der Waals surface area contributed by atoms with Crippen molar-refractivity contribution < 1.29 is 9.18 Å². The second-order valence-electron chi connectivity index (χ2n) is 10.6. The van der Waals surface area contributed by atoms with Crippen LogP contribution >= 0.6 is 11.8 Å². The molecular formula is C30H27FN2OS. The van der Waals surface area contributed by atoms with Crippen LogP contribution in [0, 0.1) is 40.3 Å². The van der Waals surface area contributed by atoms with Crippen molar-refractivity contribution in [1.29, 1.82) is 5.26 Å². The molecule has 0 unspecified atom stereocenters. The van der Waals surface area contributed by atoms with Crippen LogP contribution in [0.15, 0.2) is 65.7 Å². The monoisotopic (exact) mass is 482 g/mol. The molecule has 7 rings (SSSR count). The Bertz CT molecular complexity index is 1280. The summed E-state index contributed by atoms with van der Waals surface area (Å²) < 4.78 is 13.6. The van der Waals surface area contributed by atoms with Crippen molar-refractivity contribution in [3.63, 3.8) is 0 Å². The molecule has 1 heterocycles. The van der Waals surface area contributed by atoms with Crippen LogP contribution in [-0.4, -0.2) is 16.5 Å². The van der Waals surface area contributed by atoms with E-state index in [-0.39, 0.29) is 11.2 Å². The van der Waals surface area contributed by atoms with Crippen LogP contribution in [0.3, 0.4) is 0 Å². The summed E-state index contributed by atoms with van der Waals surface area (Å²) in [5, 5.41) is 10.7. The maximum Gasteiger partial charge on any atom is 0.149 e. The molecule has 4 fully saturated rings. The van der Waals surface area contributed by atoms with E-state index in [2.05, 4.69) is 6.07 Å². The number of hydrogen-bond acceptors (Lipinski definition) is 4. The minimum Gasteiger partial charge on any atom is -0.298 e. The zero-order valence-electron chi connectivity index (χ0n) is 19.5. The molecule has 3 nitrogen and oxygen atoms in total. The molecule has 0 N–H and O–H groups in total. The number of carbonyl (C=O) groups is 1. The number of ketones is 1. The Kier molecular flexibility index (Phi) is 5.73. The molecule has 0 radical (unpaired) electrons. The van der Waals surface area contributed by atoms with Crippen molar-refractivity contribution in [3.05, 3.63) is 72.0 Å². The van der Waals surface area contributed by atoms with Crippen molar-refractivity contribution in [3.8, 4) is 28.5 Å². The first-order valence-corrected chi connectivity index (χ1v) is 13.4. The Morgan fingerprint density at radius 2 is 1.60 bits per heavy atom. The Hall–Kier alpha value is -2.97. The van der Waals surface area contributed by atoms with Crippen molar-refractivity contribution in [2.24, 2.45) is 23.2 Å². The fourth-order valence-electron chi connectivity index (χ4n) is 7.09. The van der Waals surface area contributed by atoms with Gasteiger partial charge in [0.25, 0.3) is 0 Å². The van der Waals surface area contributed by atoms with E-state index in [9.17, 15) is 14.4 Å². The first-order valence-electron chi connectivity index (χ1n) is 12.5. The van der Waals surface area contributed by atoms with Gasteiger partial charge in [-0.05, 0) is 92.2 Å². The molecule has 4 bridgehead atoms. The second kappa shape index (κ2) is 8.91. The summed E-state index contributed by atoms with van der Waals surface area (Å²) in [4.78, 5) is 18.5. The molecular weight excluding hydrogens is 455 g/mol. The number of hydrogen-bond donors (Lipinski definition) is 0. The Morgan fingerprint density at radius 1 is 0.971 bits per heavy atom. The van der Waals surface area contributed by atoms with Gasteiger partial charge in [-0.15, -0.1) is 0 Å². The summed E-state index contributed by atoms with van der Waals surface area (Å²) in [6.45, 7) is 0. The number of nitriles is 1. The lowest BCUT2D eigenvalue weighted by molar-refractivity contribution is -0.141. The average molecular weight is 483 g/mol. The standard InChI is InChI=1S/C30H27FN2OS/c31-24-8-6-23(7-9-24)27-13-25(22-4-2-1-3-5-22)26(17-32)29(33-27)35-18-28(34)30-14-19-10-20(15-30)12-21(11-19)16-30/h1-9,13,19-21H,10-12,14-16,18H2. The van der Waals surface area contributed by atoms with Crippen molar-refractivity contribution >= 4 is 17.5 Å². The summed E-state index contributed by atoms with van der Waals surface area (Å²) in [5.74, 6) is 2.52. The van der Waals surface area contributed by atoms with E-state index in [0.717, 1.165) is 53.7 Å². The predicted molar refractivity (Wildman–Crippen MR) is 136 cm³/mol. The zero-order chi connectivity index (χ0) is 24.0. The third-order valence-electron chi connectivity index (χ3n) is 8.29. The maximum absolute atomic E-state index is 13.6. The highest BCUT2D eigenvalue weighted by atomic mass is 32.2. The molecule has 0 saturated heterocycles. The number of nitrogens with zero attached hydrogens (tertiary/aromatic N) is 2. The Morgan fingerprint density at radius 3 is 2.20 bits per heavy atom.